The molecule has 0 spiro atoms. The fourth-order valence-electron chi connectivity index (χ4n) is 0.583. The van der Waals surface area contributed by atoms with E-state index in [1.54, 1.807) is 12.3 Å². The predicted octanol–water partition coefficient (Wildman–Crippen LogP) is 1.48. The van der Waals surface area contributed by atoms with Gasteiger partial charge >= 0.3 is 0 Å². The molecule has 0 N–H and O–H groups in total. The average Bonchev–Trinajstić information content (AvgIpc) is 2.03. The number of hydrogen-bond acceptors (Lipinski definition) is 2. The first-order valence-electron chi connectivity index (χ1n) is 3.56. The Morgan fingerprint density at radius 1 is 1.45 bits per heavy atom. The van der Waals surface area contributed by atoms with Crippen molar-refractivity contribution in [2.75, 3.05) is 0 Å². The molecule has 0 saturated heterocycles. The molecule has 0 saturated carbocycles. The van der Waals surface area contributed by atoms with E-state index in [1.807, 2.05) is 13.8 Å². The predicted molar refractivity (Wildman–Crippen MR) is 43.7 cm³/mol. The molecule has 0 amide bonds. The van der Waals surface area contributed by atoms with Gasteiger partial charge in [0.15, 0.2) is 0 Å². The van der Waals surface area contributed by atoms with E-state index in [-0.39, 0.29) is 0 Å². The molecule has 0 aromatic carbocycles. The zero-order chi connectivity index (χ0) is 8.10. The molecule has 0 unspecified atom stereocenters. The fourth-order valence-corrected chi connectivity index (χ4v) is 0.583. The Bertz CT molecular complexity index is 267. The minimum atomic E-state index is 0.393. The molecule has 0 aliphatic rings. The quantitative estimate of drug-likeness (QED) is 0.518. The molecule has 0 bridgehead atoms. The summed E-state index contributed by atoms with van der Waals surface area (Å²) in [5.41, 5.74) is 0.786. The van der Waals surface area contributed by atoms with Crippen molar-refractivity contribution in [2.24, 2.45) is 5.92 Å². The highest BCUT2D eigenvalue weighted by Crippen LogP contribution is 1.90. The van der Waals surface area contributed by atoms with Crippen LogP contribution in [0.3, 0.4) is 0 Å². The van der Waals surface area contributed by atoms with Gasteiger partial charge in [-0.2, -0.15) is 0 Å². The summed E-state index contributed by atoms with van der Waals surface area (Å²) in [5, 5.41) is 0. The van der Waals surface area contributed by atoms with E-state index in [2.05, 4.69) is 21.8 Å². The van der Waals surface area contributed by atoms with Gasteiger partial charge in [-0.25, -0.2) is 9.97 Å². The maximum Gasteiger partial charge on any atom is 0.116 e. The SMILES string of the molecule is CC(C)C#Cc1ccncn1. The molecule has 1 aromatic rings. The van der Waals surface area contributed by atoms with E-state index in [0.29, 0.717) is 5.92 Å². The topological polar surface area (TPSA) is 25.8 Å². The molecule has 2 heteroatoms. The summed E-state index contributed by atoms with van der Waals surface area (Å²) in [6.45, 7) is 4.10. The van der Waals surface area contributed by atoms with Crippen molar-refractivity contribution < 1.29 is 0 Å². The molecule has 1 aromatic heterocycles. The molecule has 0 aliphatic carbocycles. The molecule has 11 heavy (non-hydrogen) atoms. The highest BCUT2D eigenvalue weighted by molar-refractivity contribution is 5.25. The largest absolute Gasteiger partial charge is 0.245 e. The normalized spacial score (nSPS) is 9.00. The fraction of sp³-hybridized carbons (Fsp3) is 0.333. The highest BCUT2D eigenvalue weighted by Gasteiger charge is 1.85. The summed E-state index contributed by atoms with van der Waals surface area (Å²) in [5.74, 6) is 6.36. The summed E-state index contributed by atoms with van der Waals surface area (Å²) in [4.78, 5) is 7.76. The molecule has 0 radical (unpaired) electrons. The van der Waals surface area contributed by atoms with Crippen LogP contribution in [0.4, 0.5) is 0 Å². The van der Waals surface area contributed by atoms with Gasteiger partial charge < -0.3 is 0 Å². The summed E-state index contributed by atoms with van der Waals surface area (Å²) in [6.07, 6.45) is 3.20. The molecule has 1 heterocycles. The van der Waals surface area contributed by atoms with Crippen molar-refractivity contribution in [2.45, 2.75) is 13.8 Å². The van der Waals surface area contributed by atoms with Crippen LogP contribution < -0.4 is 0 Å². The number of nitrogens with zero attached hydrogens (tertiary/aromatic N) is 2. The highest BCUT2D eigenvalue weighted by atomic mass is 14.8. The Morgan fingerprint density at radius 3 is 2.82 bits per heavy atom. The van der Waals surface area contributed by atoms with E-state index in [1.165, 1.54) is 6.33 Å². The molecule has 0 aliphatic heterocycles. The summed E-state index contributed by atoms with van der Waals surface area (Å²) >= 11 is 0. The molecular formula is C9H10N2. The van der Waals surface area contributed by atoms with Gasteiger partial charge in [-0.1, -0.05) is 19.8 Å². The van der Waals surface area contributed by atoms with Crippen LogP contribution in [0.2, 0.25) is 0 Å². The smallest absolute Gasteiger partial charge is 0.116 e. The average molecular weight is 146 g/mol. The van der Waals surface area contributed by atoms with Gasteiger partial charge in [-0.05, 0) is 12.0 Å². The van der Waals surface area contributed by atoms with Crippen molar-refractivity contribution in [3.05, 3.63) is 24.3 Å². The lowest BCUT2D eigenvalue weighted by Crippen LogP contribution is -1.83. The van der Waals surface area contributed by atoms with Crippen molar-refractivity contribution >= 4 is 0 Å². The van der Waals surface area contributed by atoms with E-state index in [9.17, 15) is 0 Å². The molecule has 0 fully saturated rings. The number of hydrogen-bond donors (Lipinski definition) is 0. The Morgan fingerprint density at radius 2 is 2.27 bits per heavy atom. The molecule has 0 atom stereocenters. The standard InChI is InChI=1S/C9H10N2/c1-8(2)3-4-9-5-6-10-7-11-9/h5-8H,1-2H3. The lowest BCUT2D eigenvalue weighted by atomic mass is 10.2. The van der Waals surface area contributed by atoms with Crippen molar-refractivity contribution in [3.8, 4) is 11.8 Å². The van der Waals surface area contributed by atoms with Crippen LogP contribution in [0.25, 0.3) is 0 Å². The van der Waals surface area contributed by atoms with Crippen LogP contribution in [0.5, 0.6) is 0 Å². The molecule has 2 nitrogen and oxygen atoms in total. The van der Waals surface area contributed by atoms with Crippen LogP contribution in [0, 0.1) is 17.8 Å². The summed E-state index contributed by atoms with van der Waals surface area (Å²) in [6, 6.07) is 1.80. The van der Waals surface area contributed by atoms with Crippen molar-refractivity contribution in [1.82, 2.24) is 9.97 Å². The minimum absolute atomic E-state index is 0.393. The second kappa shape index (κ2) is 3.72. The number of aromatic nitrogens is 2. The van der Waals surface area contributed by atoms with Gasteiger partial charge in [0.1, 0.15) is 12.0 Å². The Hall–Kier alpha value is -1.36. The van der Waals surface area contributed by atoms with Crippen LogP contribution in [-0.4, -0.2) is 9.97 Å². The van der Waals surface area contributed by atoms with Gasteiger partial charge in [0.2, 0.25) is 0 Å². The molecule has 56 valence electrons. The second-order valence-corrected chi connectivity index (χ2v) is 2.52. The first-order valence-corrected chi connectivity index (χ1v) is 3.56. The summed E-state index contributed by atoms with van der Waals surface area (Å²) < 4.78 is 0. The van der Waals surface area contributed by atoms with E-state index < -0.39 is 0 Å². The van der Waals surface area contributed by atoms with Gasteiger partial charge in [0.25, 0.3) is 0 Å². The summed E-state index contributed by atoms with van der Waals surface area (Å²) in [7, 11) is 0. The lowest BCUT2D eigenvalue weighted by Gasteiger charge is -1.87. The van der Waals surface area contributed by atoms with Gasteiger partial charge in [-0.15, -0.1) is 0 Å². The van der Waals surface area contributed by atoms with Crippen molar-refractivity contribution in [1.29, 1.82) is 0 Å². The lowest BCUT2D eigenvalue weighted by molar-refractivity contribution is 0.866. The van der Waals surface area contributed by atoms with Crippen LogP contribution in [0.1, 0.15) is 19.5 Å². The first-order chi connectivity index (χ1) is 5.29. The van der Waals surface area contributed by atoms with E-state index >= 15 is 0 Å². The monoisotopic (exact) mass is 146 g/mol. The van der Waals surface area contributed by atoms with Gasteiger partial charge in [-0.3, -0.25) is 0 Å². The zero-order valence-electron chi connectivity index (χ0n) is 6.70. The van der Waals surface area contributed by atoms with Crippen LogP contribution >= 0.6 is 0 Å². The molecular weight excluding hydrogens is 136 g/mol. The minimum Gasteiger partial charge on any atom is -0.245 e. The van der Waals surface area contributed by atoms with E-state index in [0.717, 1.165) is 5.69 Å². The first kappa shape index (κ1) is 7.74. The van der Waals surface area contributed by atoms with E-state index in [4.69, 9.17) is 0 Å². The maximum absolute atomic E-state index is 3.97. The zero-order valence-corrected chi connectivity index (χ0v) is 6.70. The van der Waals surface area contributed by atoms with Crippen molar-refractivity contribution in [3.63, 3.8) is 0 Å². The Kier molecular flexibility index (Phi) is 2.62. The number of rotatable bonds is 0. The molecule has 1 rings (SSSR count). The van der Waals surface area contributed by atoms with Gasteiger partial charge in [0, 0.05) is 12.1 Å². The third-order valence-electron chi connectivity index (χ3n) is 1.07. The second-order valence-electron chi connectivity index (χ2n) is 2.52. The third kappa shape index (κ3) is 2.81. The third-order valence-corrected chi connectivity index (χ3v) is 1.07. The Balaban J connectivity index is 2.75. The van der Waals surface area contributed by atoms with Crippen LogP contribution in [-0.2, 0) is 0 Å². The van der Waals surface area contributed by atoms with Gasteiger partial charge in [0.05, 0.1) is 0 Å². The Labute approximate surface area is 66.7 Å². The maximum atomic E-state index is 3.97. The van der Waals surface area contributed by atoms with Crippen LogP contribution in [0.15, 0.2) is 18.6 Å².